The average Bonchev–Trinajstić information content (AvgIpc) is 2.20. The van der Waals surface area contributed by atoms with Gasteiger partial charge in [-0.05, 0) is 0 Å². The predicted octanol–water partition coefficient (Wildman–Crippen LogP) is 0.172. The molecule has 1 N–H and O–H groups in total. The van der Waals surface area contributed by atoms with E-state index in [1.807, 2.05) is 0 Å². The van der Waals surface area contributed by atoms with E-state index < -0.39 is 46.9 Å². The lowest BCUT2D eigenvalue weighted by molar-refractivity contribution is -0.148. The Kier molecular flexibility index (Phi) is 6.56. The number of carbonyl (C=O) groups is 2. The Morgan fingerprint density at radius 2 is 1.68 bits per heavy atom. The van der Waals surface area contributed by atoms with Crippen LogP contribution in [0.5, 0.6) is 0 Å². The number of ether oxygens (including phenoxy) is 2. The van der Waals surface area contributed by atoms with Crippen molar-refractivity contribution in [2.45, 2.75) is 12.8 Å². The Balaban J connectivity index is 3.99. The normalized spacial score (nSPS) is 12.4. The van der Waals surface area contributed by atoms with E-state index in [2.05, 4.69) is 9.47 Å². The van der Waals surface area contributed by atoms with Gasteiger partial charge in [0.2, 0.25) is 0 Å². The number of carbonyl (C=O) groups excluding carboxylic acids is 2. The first-order valence-electron chi connectivity index (χ1n) is 4.84. The lowest BCUT2D eigenvalue weighted by atomic mass is 10.4. The molecule has 0 aromatic rings. The zero-order valence-corrected chi connectivity index (χ0v) is 10.7. The van der Waals surface area contributed by atoms with Crippen LogP contribution < -0.4 is 0 Å². The van der Waals surface area contributed by atoms with Crippen LogP contribution in [0.4, 0.5) is 8.78 Å². The van der Waals surface area contributed by atoms with Gasteiger partial charge >= 0.3 is 11.9 Å². The van der Waals surface area contributed by atoms with Crippen molar-refractivity contribution in [1.29, 1.82) is 0 Å². The summed E-state index contributed by atoms with van der Waals surface area (Å²) in [7, 11) is -4.25. The van der Waals surface area contributed by atoms with Crippen molar-refractivity contribution in [3.63, 3.8) is 0 Å². The van der Waals surface area contributed by atoms with Gasteiger partial charge in [0.05, 0.1) is 0 Å². The van der Waals surface area contributed by atoms with Crippen LogP contribution in [0.1, 0.15) is 6.92 Å². The van der Waals surface area contributed by atoms with Crippen molar-refractivity contribution < 1.29 is 40.8 Å². The molecule has 0 aliphatic heterocycles. The van der Waals surface area contributed by atoms with Crippen LogP contribution >= 0.6 is 0 Å². The van der Waals surface area contributed by atoms with Gasteiger partial charge < -0.3 is 9.47 Å². The van der Waals surface area contributed by atoms with Crippen molar-refractivity contribution in [2.75, 3.05) is 19.0 Å². The molecule has 0 radical (unpaired) electrons. The molecule has 110 valence electrons. The molecule has 0 unspecified atom stereocenters. The highest BCUT2D eigenvalue weighted by atomic mass is 32.2. The van der Waals surface area contributed by atoms with Crippen LogP contribution in [-0.4, -0.2) is 49.8 Å². The fraction of sp³-hybridized carbons (Fsp3) is 0.556. The van der Waals surface area contributed by atoms with Gasteiger partial charge in [0.25, 0.3) is 16.0 Å². The van der Waals surface area contributed by atoms with Crippen LogP contribution in [-0.2, 0) is 29.2 Å². The Labute approximate surface area is 107 Å². The summed E-state index contributed by atoms with van der Waals surface area (Å²) in [4.78, 5) is 21.7. The minimum Gasteiger partial charge on any atom is -0.461 e. The highest BCUT2D eigenvalue weighted by molar-refractivity contribution is 7.85. The second-order valence-corrected chi connectivity index (χ2v) is 5.04. The molecule has 0 aliphatic rings. The molecule has 0 aliphatic carbocycles. The largest absolute Gasteiger partial charge is 0.461 e. The number of rotatable bonds is 7. The standard InChI is InChI=1S/C9H12F2O7S/c1-9(10,11)6-18-8(13)3-2-7(12)17-4-5-19(14,15)16/h2-3H,4-6H2,1H3,(H,14,15,16)/b3-2-. The zero-order valence-electron chi connectivity index (χ0n) is 9.84. The molecule has 0 saturated carbocycles. The Bertz CT molecular complexity index is 450. The Morgan fingerprint density at radius 3 is 2.11 bits per heavy atom. The van der Waals surface area contributed by atoms with E-state index in [1.165, 1.54) is 0 Å². The summed E-state index contributed by atoms with van der Waals surface area (Å²) >= 11 is 0. The number of halogens is 2. The van der Waals surface area contributed by atoms with Gasteiger partial charge in [0, 0.05) is 19.1 Å². The maximum Gasteiger partial charge on any atom is 0.331 e. The van der Waals surface area contributed by atoms with E-state index >= 15 is 0 Å². The lowest BCUT2D eigenvalue weighted by Gasteiger charge is -2.08. The first-order valence-corrected chi connectivity index (χ1v) is 6.45. The Morgan fingerprint density at radius 1 is 1.21 bits per heavy atom. The molecule has 0 aromatic carbocycles. The quantitative estimate of drug-likeness (QED) is 0.406. The minimum atomic E-state index is -4.25. The highest BCUT2D eigenvalue weighted by Gasteiger charge is 2.22. The second kappa shape index (κ2) is 7.14. The molecular formula is C9H12F2O7S. The lowest BCUT2D eigenvalue weighted by Crippen LogP contribution is -2.21. The molecule has 0 spiro atoms. The van der Waals surface area contributed by atoms with Gasteiger partial charge in [0.1, 0.15) is 12.4 Å². The fourth-order valence-corrected chi connectivity index (χ4v) is 0.972. The Hall–Kier alpha value is -1.55. The number of hydrogen-bond acceptors (Lipinski definition) is 6. The fourth-order valence-electron chi connectivity index (χ4n) is 0.678. The van der Waals surface area contributed by atoms with Crippen LogP contribution in [0.2, 0.25) is 0 Å². The van der Waals surface area contributed by atoms with E-state index in [9.17, 15) is 26.8 Å². The molecule has 0 rings (SSSR count). The van der Waals surface area contributed by atoms with Crippen molar-refractivity contribution in [1.82, 2.24) is 0 Å². The van der Waals surface area contributed by atoms with E-state index in [1.54, 1.807) is 0 Å². The van der Waals surface area contributed by atoms with Gasteiger partial charge in [-0.2, -0.15) is 8.42 Å². The summed E-state index contributed by atoms with van der Waals surface area (Å²) in [6.45, 7) is -1.19. The van der Waals surface area contributed by atoms with Gasteiger partial charge in [0.15, 0.2) is 6.61 Å². The first kappa shape index (κ1) is 17.4. The molecule has 0 saturated heterocycles. The van der Waals surface area contributed by atoms with Crippen molar-refractivity contribution in [2.24, 2.45) is 0 Å². The molecule has 0 fully saturated rings. The topological polar surface area (TPSA) is 107 Å². The van der Waals surface area contributed by atoms with Crippen molar-refractivity contribution in [3.8, 4) is 0 Å². The summed E-state index contributed by atoms with van der Waals surface area (Å²) in [5, 5.41) is 0. The van der Waals surface area contributed by atoms with Crippen molar-refractivity contribution in [3.05, 3.63) is 12.2 Å². The predicted molar refractivity (Wildman–Crippen MR) is 58.1 cm³/mol. The molecule has 0 atom stereocenters. The van der Waals surface area contributed by atoms with Crippen LogP contribution in [0.3, 0.4) is 0 Å². The minimum absolute atomic E-state index is 0.549. The summed E-state index contributed by atoms with van der Waals surface area (Å²) in [5.74, 6) is -6.23. The molecule has 0 amide bonds. The zero-order chi connectivity index (χ0) is 15.1. The molecule has 0 aromatic heterocycles. The van der Waals surface area contributed by atoms with Crippen LogP contribution in [0.25, 0.3) is 0 Å². The van der Waals surface area contributed by atoms with E-state index in [0.29, 0.717) is 19.1 Å². The maximum atomic E-state index is 12.3. The van der Waals surface area contributed by atoms with Crippen molar-refractivity contribution >= 4 is 22.1 Å². The summed E-state index contributed by atoms with van der Waals surface area (Å²) in [6, 6.07) is 0. The van der Waals surface area contributed by atoms with E-state index in [0.717, 1.165) is 0 Å². The van der Waals surface area contributed by atoms with Crippen LogP contribution in [0, 0.1) is 0 Å². The van der Waals surface area contributed by atoms with Gasteiger partial charge in [-0.15, -0.1) is 0 Å². The third kappa shape index (κ3) is 12.7. The maximum absolute atomic E-state index is 12.3. The monoisotopic (exact) mass is 302 g/mol. The second-order valence-electron chi connectivity index (χ2n) is 3.46. The first-order chi connectivity index (χ1) is 8.49. The highest BCUT2D eigenvalue weighted by Crippen LogP contribution is 2.11. The van der Waals surface area contributed by atoms with Crippen LogP contribution in [0.15, 0.2) is 12.2 Å². The third-order valence-corrected chi connectivity index (χ3v) is 2.09. The molecule has 19 heavy (non-hydrogen) atoms. The molecular weight excluding hydrogens is 290 g/mol. The average molecular weight is 302 g/mol. The van der Waals surface area contributed by atoms with Gasteiger partial charge in [-0.3, -0.25) is 4.55 Å². The van der Waals surface area contributed by atoms with E-state index in [4.69, 9.17) is 4.55 Å². The number of esters is 2. The number of alkyl halides is 2. The molecule has 0 bridgehead atoms. The van der Waals surface area contributed by atoms with Gasteiger partial charge in [-0.25, -0.2) is 18.4 Å². The summed E-state index contributed by atoms with van der Waals surface area (Å²) < 4.78 is 61.8. The van der Waals surface area contributed by atoms with E-state index in [-0.39, 0.29) is 0 Å². The summed E-state index contributed by atoms with van der Waals surface area (Å²) in [6.07, 6.45) is 1.14. The third-order valence-electron chi connectivity index (χ3n) is 1.41. The SMILES string of the molecule is CC(F)(F)COC(=O)/C=C\C(=O)OCCS(=O)(=O)O. The molecule has 7 nitrogen and oxygen atoms in total. The summed E-state index contributed by atoms with van der Waals surface area (Å²) in [5.41, 5.74) is 0. The molecule has 10 heteroatoms. The molecule has 0 heterocycles. The van der Waals surface area contributed by atoms with Gasteiger partial charge in [-0.1, -0.05) is 0 Å². The smallest absolute Gasteiger partial charge is 0.331 e. The number of hydrogen-bond donors (Lipinski definition) is 1.